The number of anilines is 1. The van der Waals surface area contributed by atoms with Crippen molar-refractivity contribution in [3.05, 3.63) is 84.6 Å². The van der Waals surface area contributed by atoms with E-state index in [9.17, 15) is 14.4 Å². The minimum atomic E-state index is -0.381. The Labute approximate surface area is 269 Å². The van der Waals surface area contributed by atoms with Gasteiger partial charge in [-0.25, -0.2) is 19.2 Å². The smallest absolute Gasteiger partial charge is 0.329 e. The van der Waals surface area contributed by atoms with E-state index in [2.05, 4.69) is 37.7 Å². The minimum absolute atomic E-state index is 0.142. The number of nitrogens with zero attached hydrogens (tertiary/aromatic N) is 7. The first kappa shape index (κ1) is 30.8. The van der Waals surface area contributed by atoms with Crippen LogP contribution in [0.4, 0.5) is 10.2 Å². The molecule has 2 fully saturated rings. The number of hydrogen-bond acceptors (Lipinski definition) is 7. The van der Waals surface area contributed by atoms with Crippen LogP contribution in [-0.4, -0.2) is 74.1 Å². The van der Waals surface area contributed by atoms with Crippen molar-refractivity contribution in [2.45, 2.75) is 51.4 Å². The molecule has 0 aliphatic carbocycles. The van der Waals surface area contributed by atoms with Crippen LogP contribution in [0.3, 0.4) is 0 Å². The van der Waals surface area contributed by atoms with E-state index < -0.39 is 0 Å². The van der Waals surface area contributed by atoms with Crippen LogP contribution in [0, 0.1) is 17.1 Å². The van der Waals surface area contributed by atoms with E-state index in [-0.39, 0.29) is 23.2 Å². The maximum absolute atomic E-state index is 14.3. The van der Waals surface area contributed by atoms with Gasteiger partial charge in [-0.1, -0.05) is 53.9 Å². The summed E-state index contributed by atoms with van der Waals surface area (Å²) in [5, 5.41) is 10.7. The van der Waals surface area contributed by atoms with Gasteiger partial charge < -0.3 is 4.90 Å². The average molecular weight is 658 g/mol. The molecule has 2 saturated heterocycles. The number of likely N-dealkylation sites (tertiary alicyclic amines) is 1. The molecule has 1 N–H and O–H groups in total. The number of aromatic nitrogens is 4. The molecule has 9 nitrogen and oxygen atoms in total. The van der Waals surface area contributed by atoms with Gasteiger partial charge in [0.15, 0.2) is 22.3 Å². The van der Waals surface area contributed by atoms with Crippen LogP contribution >= 0.6 is 34.8 Å². The fourth-order valence-corrected chi connectivity index (χ4v) is 7.03. The third-order valence-electron chi connectivity index (χ3n) is 8.80. The van der Waals surface area contributed by atoms with Crippen molar-refractivity contribution in [2.75, 3.05) is 37.6 Å². The zero-order valence-electron chi connectivity index (χ0n) is 24.2. The van der Waals surface area contributed by atoms with Crippen molar-refractivity contribution < 1.29 is 4.39 Å². The summed E-state index contributed by atoms with van der Waals surface area (Å²) < 4.78 is 15.8. The lowest BCUT2D eigenvalue weighted by atomic mass is 9.98. The molecule has 13 heteroatoms. The van der Waals surface area contributed by atoms with E-state index in [1.54, 1.807) is 30.3 Å². The molecule has 2 aromatic carbocycles. The molecule has 0 radical (unpaired) electrons. The largest absolute Gasteiger partial charge is 0.351 e. The molecule has 2 aliphatic heterocycles. The third kappa shape index (κ3) is 6.30. The monoisotopic (exact) mass is 656 g/mol. The number of aromatic amines is 1. The Morgan fingerprint density at radius 2 is 1.73 bits per heavy atom. The number of fused-ring (bicyclic) bond motifs is 1. The third-order valence-corrected chi connectivity index (χ3v) is 9.52. The molecule has 2 aromatic heterocycles. The minimum Gasteiger partial charge on any atom is -0.351 e. The molecule has 1 atom stereocenters. The summed E-state index contributed by atoms with van der Waals surface area (Å²) in [6.45, 7) is 7.03. The van der Waals surface area contributed by atoms with Crippen LogP contribution < -0.4 is 10.6 Å². The second kappa shape index (κ2) is 13.0. The highest BCUT2D eigenvalue weighted by atomic mass is 35.5. The number of piperidine rings is 1. The van der Waals surface area contributed by atoms with Crippen molar-refractivity contribution >= 4 is 51.9 Å². The molecule has 0 unspecified atom stereocenters. The Kier molecular flexibility index (Phi) is 9.13. The summed E-state index contributed by atoms with van der Waals surface area (Å²) in [5.41, 5.74) is 2.02. The number of rotatable bonds is 7. The van der Waals surface area contributed by atoms with Gasteiger partial charge in [0.05, 0.1) is 18.2 Å². The standard InChI is InChI=1S/C31H32Cl3FN8O/c1-2-24-18-41(11-12-42(24)25-7-9-40(10-8-25)16-20-4-6-23(33)14-26(20)35)29-27(34)37-28-30(39-29)43(31(44)38-28)17-19-3-5-22(32)13-21(19)15-36/h3-6,13-14,24-25H,2,7-12,16-18H2,1H3,(H,37,38,44)/t24-/m0/s1. The second-order valence-corrected chi connectivity index (χ2v) is 12.7. The predicted molar refractivity (Wildman–Crippen MR) is 171 cm³/mol. The summed E-state index contributed by atoms with van der Waals surface area (Å²) in [5.74, 6) is 0.289. The predicted octanol–water partition coefficient (Wildman–Crippen LogP) is 5.70. The molecular formula is C31H32Cl3FN8O. The van der Waals surface area contributed by atoms with Gasteiger partial charge in [0, 0.05) is 53.9 Å². The molecular weight excluding hydrogens is 626 g/mol. The first-order chi connectivity index (χ1) is 21.2. The van der Waals surface area contributed by atoms with Crippen LogP contribution in [-0.2, 0) is 13.1 Å². The highest BCUT2D eigenvalue weighted by molar-refractivity contribution is 6.32. The molecule has 44 heavy (non-hydrogen) atoms. The second-order valence-electron chi connectivity index (χ2n) is 11.4. The number of benzene rings is 2. The zero-order valence-corrected chi connectivity index (χ0v) is 26.5. The van der Waals surface area contributed by atoms with Gasteiger partial charge in [0.2, 0.25) is 0 Å². The van der Waals surface area contributed by atoms with Crippen molar-refractivity contribution in [1.82, 2.24) is 29.3 Å². The van der Waals surface area contributed by atoms with Crippen molar-refractivity contribution in [3.63, 3.8) is 0 Å². The molecule has 0 bridgehead atoms. The summed E-state index contributed by atoms with van der Waals surface area (Å²) >= 11 is 18.6. The van der Waals surface area contributed by atoms with E-state index in [0.29, 0.717) is 62.5 Å². The van der Waals surface area contributed by atoms with Crippen LogP contribution in [0.1, 0.15) is 42.9 Å². The summed E-state index contributed by atoms with van der Waals surface area (Å²) in [7, 11) is 0. The summed E-state index contributed by atoms with van der Waals surface area (Å²) in [6.07, 6.45) is 2.99. The molecule has 0 saturated carbocycles. The number of nitrogens with one attached hydrogen (secondary N) is 1. The molecule has 0 spiro atoms. The molecule has 4 heterocycles. The van der Waals surface area contributed by atoms with Crippen LogP contribution in [0.15, 0.2) is 41.2 Å². The van der Waals surface area contributed by atoms with Gasteiger partial charge >= 0.3 is 5.69 Å². The van der Waals surface area contributed by atoms with Crippen LogP contribution in [0.5, 0.6) is 0 Å². The van der Waals surface area contributed by atoms with E-state index >= 15 is 0 Å². The topological polar surface area (TPSA) is 97.1 Å². The number of nitriles is 1. The van der Waals surface area contributed by atoms with Crippen molar-refractivity contribution in [1.29, 1.82) is 5.26 Å². The highest BCUT2D eigenvalue weighted by Gasteiger charge is 2.34. The molecule has 2 aliphatic rings. The maximum Gasteiger partial charge on any atom is 0.329 e. The van der Waals surface area contributed by atoms with Crippen molar-refractivity contribution in [3.8, 4) is 6.07 Å². The molecule has 4 aromatic rings. The fraction of sp³-hybridized carbons (Fsp3) is 0.419. The average Bonchev–Trinajstić information content (AvgIpc) is 3.32. The van der Waals surface area contributed by atoms with Crippen LogP contribution in [0.2, 0.25) is 15.2 Å². The number of imidazole rings is 1. The fourth-order valence-electron chi connectivity index (χ4n) is 6.45. The first-order valence-corrected chi connectivity index (χ1v) is 15.9. The molecule has 6 rings (SSSR count). The first-order valence-electron chi connectivity index (χ1n) is 14.8. The van der Waals surface area contributed by atoms with E-state index in [1.807, 2.05) is 0 Å². The Morgan fingerprint density at radius 1 is 1.00 bits per heavy atom. The zero-order chi connectivity index (χ0) is 31.0. The highest BCUT2D eigenvalue weighted by Crippen LogP contribution is 2.30. The summed E-state index contributed by atoms with van der Waals surface area (Å²) in [6, 6.07) is 12.8. The van der Waals surface area contributed by atoms with E-state index in [1.165, 1.54) is 10.6 Å². The van der Waals surface area contributed by atoms with E-state index in [4.69, 9.17) is 39.8 Å². The maximum atomic E-state index is 14.3. The number of halogens is 4. The number of piperazine rings is 1. The van der Waals surface area contributed by atoms with Gasteiger partial charge in [-0.15, -0.1) is 0 Å². The molecule has 230 valence electrons. The Hall–Kier alpha value is -3.20. The van der Waals surface area contributed by atoms with Gasteiger partial charge in [-0.2, -0.15) is 5.26 Å². The SMILES string of the molecule is CC[C@H]1CN(c2nc3c(nc2Cl)[nH]c(=O)n3Cc2ccc(Cl)cc2C#N)CCN1C1CCN(Cc2ccc(Cl)cc2F)CC1. The lowest BCUT2D eigenvalue weighted by Crippen LogP contribution is -2.58. The lowest BCUT2D eigenvalue weighted by molar-refractivity contribution is 0.0607. The quantitative estimate of drug-likeness (QED) is 0.272. The number of hydrogen-bond donors (Lipinski definition) is 1. The Balaban J connectivity index is 1.16. The van der Waals surface area contributed by atoms with Crippen LogP contribution in [0.25, 0.3) is 11.3 Å². The summed E-state index contributed by atoms with van der Waals surface area (Å²) in [4.78, 5) is 32.1. The van der Waals surface area contributed by atoms with E-state index in [0.717, 1.165) is 52.0 Å². The Morgan fingerprint density at radius 3 is 2.43 bits per heavy atom. The Bertz CT molecular complexity index is 1780. The lowest BCUT2D eigenvalue weighted by Gasteiger charge is -2.47. The van der Waals surface area contributed by atoms with Gasteiger partial charge in [0.25, 0.3) is 0 Å². The molecule has 0 amide bonds. The van der Waals surface area contributed by atoms with Gasteiger partial charge in [-0.05, 0) is 62.2 Å². The number of H-pyrrole nitrogens is 1. The van der Waals surface area contributed by atoms with Gasteiger partial charge in [-0.3, -0.25) is 19.4 Å². The van der Waals surface area contributed by atoms with Crippen molar-refractivity contribution in [2.24, 2.45) is 0 Å². The van der Waals surface area contributed by atoms with Gasteiger partial charge in [0.1, 0.15) is 5.82 Å². The normalized spacial score (nSPS) is 18.6.